The highest BCUT2D eigenvalue weighted by Gasteiger charge is 2.43. The predicted octanol–water partition coefficient (Wildman–Crippen LogP) is 2.92. The lowest BCUT2D eigenvalue weighted by Crippen LogP contribution is -2.38. The zero-order chi connectivity index (χ0) is 16.4. The van der Waals surface area contributed by atoms with Crippen LogP contribution in [0.4, 0.5) is 0 Å². The second kappa shape index (κ2) is 6.73. The fourth-order valence-electron chi connectivity index (χ4n) is 4.07. The number of amides is 1. The minimum atomic E-state index is 0.00932. The van der Waals surface area contributed by atoms with Crippen LogP contribution in [0.5, 0.6) is 5.75 Å². The molecule has 0 radical (unpaired) electrons. The molecule has 0 aliphatic heterocycles. The summed E-state index contributed by atoms with van der Waals surface area (Å²) in [5.74, 6) is 1.84. The van der Waals surface area contributed by atoms with E-state index in [1.54, 1.807) is 7.11 Å². The van der Waals surface area contributed by atoms with Crippen molar-refractivity contribution in [2.75, 3.05) is 13.7 Å². The van der Waals surface area contributed by atoms with E-state index in [-0.39, 0.29) is 29.6 Å². The number of ketones is 1. The van der Waals surface area contributed by atoms with Crippen molar-refractivity contribution >= 4 is 11.7 Å². The summed E-state index contributed by atoms with van der Waals surface area (Å²) in [6.45, 7) is 2.69. The molecule has 2 aliphatic rings. The molecule has 2 saturated carbocycles. The van der Waals surface area contributed by atoms with Gasteiger partial charge in [-0.25, -0.2) is 0 Å². The van der Waals surface area contributed by atoms with Crippen LogP contribution in [-0.2, 0) is 9.59 Å². The van der Waals surface area contributed by atoms with Crippen LogP contribution >= 0.6 is 0 Å². The average Bonchev–Trinajstić information content (AvgIpc) is 2.79. The van der Waals surface area contributed by atoms with Gasteiger partial charge in [0.1, 0.15) is 11.5 Å². The molecule has 0 heterocycles. The number of nitrogens with one attached hydrogen (secondary N) is 1. The molecular formula is C19H25NO3. The van der Waals surface area contributed by atoms with Crippen LogP contribution in [0.2, 0.25) is 0 Å². The monoisotopic (exact) mass is 315 g/mol. The number of Topliss-reactive ketones (excluding diaryl/α,β-unsaturated/α-hetero) is 1. The van der Waals surface area contributed by atoms with Gasteiger partial charge >= 0.3 is 0 Å². The van der Waals surface area contributed by atoms with E-state index in [0.29, 0.717) is 12.3 Å². The molecule has 4 nitrogen and oxygen atoms in total. The van der Waals surface area contributed by atoms with Gasteiger partial charge in [0.25, 0.3) is 0 Å². The molecule has 0 saturated heterocycles. The molecule has 2 aliphatic carbocycles. The molecule has 3 unspecified atom stereocenters. The summed E-state index contributed by atoms with van der Waals surface area (Å²) in [5, 5.41) is 3.08. The Balaban J connectivity index is 1.56. The second-order valence-corrected chi connectivity index (χ2v) is 6.93. The van der Waals surface area contributed by atoms with Crippen molar-refractivity contribution in [3.63, 3.8) is 0 Å². The van der Waals surface area contributed by atoms with Crippen LogP contribution in [0.25, 0.3) is 0 Å². The molecule has 2 bridgehead atoms. The Morgan fingerprint density at radius 1 is 1.26 bits per heavy atom. The maximum Gasteiger partial charge on any atom is 0.223 e. The first-order chi connectivity index (χ1) is 11.1. The van der Waals surface area contributed by atoms with E-state index < -0.39 is 0 Å². The van der Waals surface area contributed by atoms with Gasteiger partial charge in [-0.05, 0) is 37.3 Å². The van der Waals surface area contributed by atoms with Crippen molar-refractivity contribution in [1.82, 2.24) is 5.32 Å². The van der Waals surface area contributed by atoms with Gasteiger partial charge in [-0.2, -0.15) is 0 Å². The largest absolute Gasteiger partial charge is 0.496 e. The van der Waals surface area contributed by atoms with E-state index in [1.165, 1.54) is 0 Å². The highest BCUT2D eigenvalue weighted by molar-refractivity contribution is 5.89. The Labute approximate surface area is 137 Å². The summed E-state index contributed by atoms with van der Waals surface area (Å²) in [7, 11) is 1.67. The van der Waals surface area contributed by atoms with Crippen molar-refractivity contribution in [2.24, 2.45) is 17.8 Å². The van der Waals surface area contributed by atoms with E-state index in [9.17, 15) is 9.59 Å². The first-order valence-corrected chi connectivity index (χ1v) is 8.54. The summed E-state index contributed by atoms with van der Waals surface area (Å²) in [6, 6.07) is 7.91. The lowest BCUT2D eigenvalue weighted by Gasteiger charge is -2.26. The van der Waals surface area contributed by atoms with Gasteiger partial charge in [-0.3, -0.25) is 9.59 Å². The minimum absolute atomic E-state index is 0.00932. The zero-order valence-corrected chi connectivity index (χ0v) is 13.9. The third-order valence-electron chi connectivity index (χ3n) is 5.43. The Hall–Kier alpha value is -1.84. The Morgan fingerprint density at radius 2 is 1.91 bits per heavy atom. The van der Waals surface area contributed by atoms with Crippen LogP contribution in [0.3, 0.4) is 0 Å². The highest BCUT2D eigenvalue weighted by atomic mass is 16.5. The second-order valence-electron chi connectivity index (χ2n) is 6.93. The van der Waals surface area contributed by atoms with E-state index in [2.05, 4.69) is 12.2 Å². The molecule has 124 valence electrons. The Kier molecular flexibility index (Phi) is 4.69. The number of para-hydroxylation sites is 1. The molecular weight excluding hydrogens is 290 g/mol. The van der Waals surface area contributed by atoms with Crippen LogP contribution in [0.15, 0.2) is 24.3 Å². The van der Waals surface area contributed by atoms with Gasteiger partial charge in [-0.1, -0.05) is 25.1 Å². The zero-order valence-electron chi connectivity index (χ0n) is 13.9. The quantitative estimate of drug-likeness (QED) is 0.909. The van der Waals surface area contributed by atoms with Gasteiger partial charge in [-0.15, -0.1) is 0 Å². The van der Waals surface area contributed by atoms with Gasteiger partial charge in [0.05, 0.1) is 7.11 Å². The fraction of sp³-hybridized carbons (Fsp3) is 0.579. The summed E-state index contributed by atoms with van der Waals surface area (Å²) < 4.78 is 5.39. The Morgan fingerprint density at radius 3 is 2.57 bits per heavy atom. The number of hydrogen-bond acceptors (Lipinski definition) is 3. The summed E-state index contributed by atoms with van der Waals surface area (Å²) in [4.78, 5) is 24.4. The molecule has 1 N–H and O–H groups in total. The van der Waals surface area contributed by atoms with Crippen LogP contribution in [-0.4, -0.2) is 25.3 Å². The first-order valence-electron chi connectivity index (χ1n) is 8.54. The number of ether oxygens (including phenoxy) is 1. The van der Waals surface area contributed by atoms with Crippen molar-refractivity contribution < 1.29 is 14.3 Å². The summed E-state index contributed by atoms with van der Waals surface area (Å²) in [5.41, 5.74) is 1.11. The van der Waals surface area contributed by atoms with Crippen LogP contribution < -0.4 is 10.1 Å². The number of hydrogen-bond donors (Lipinski definition) is 1. The first kappa shape index (κ1) is 16.0. The number of carbonyl (C=O) groups excluding carboxylic acids is 2. The molecule has 3 rings (SSSR count). The number of carbonyl (C=O) groups is 2. The molecule has 3 atom stereocenters. The van der Waals surface area contributed by atoms with Crippen molar-refractivity contribution in [3.05, 3.63) is 29.8 Å². The van der Waals surface area contributed by atoms with E-state index in [0.717, 1.165) is 37.0 Å². The van der Waals surface area contributed by atoms with Gasteiger partial charge in [0.15, 0.2) is 0 Å². The predicted molar refractivity (Wildman–Crippen MR) is 88.4 cm³/mol. The lowest BCUT2D eigenvalue weighted by molar-refractivity contribution is -0.132. The van der Waals surface area contributed by atoms with Crippen LogP contribution in [0.1, 0.15) is 44.1 Å². The number of methoxy groups -OCH3 is 1. The minimum Gasteiger partial charge on any atom is -0.496 e. The maximum absolute atomic E-state index is 12.5. The third-order valence-corrected chi connectivity index (χ3v) is 5.43. The van der Waals surface area contributed by atoms with Gasteiger partial charge in [0.2, 0.25) is 5.91 Å². The SMILES string of the molecule is COc1ccccc1C(C)CNC(=O)C1CC2CCC(C1)C2=O. The highest BCUT2D eigenvalue weighted by Crippen LogP contribution is 2.42. The van der Waals surface area contributed by atoms with Crippen molar-refractivity contribution in [2.45, 2.75) is 38.5 Å². The molecule has 1 aromatic rings. The maximum atomic E-state index is 12.5. The molecule has 1 amide bonds. The topological polar surface area (TPSA) is 55.4 Å². The van der Waals surface area contributed by atoms with Gasteiger partial charge < -0.3 is 10.1 Å². The number of rotatable bonds is 5. The smallest absolute Gasteiger partial charge is 0.223 e. The van der Waals surface area contributed by atoms with Crippen molar-refractivity contribution in [3.8, 4) is 5.75 Å². The Bertz CT molecular complexity index is 582. The van der Waals surface area contributed by atoms with Crippen LogP contribution in [0, 0.1) is 17.8 Å². The van der Waals surface area contributed by atoms with E-state index in [1.807, 2.05) is 24.3 Å². The molecule has 0 spiro atoms. The molecule has 0 aromatic heterocycles. The fourth-order valence-corrected chi connectivity index (χ4v) is 4.07. The molecule has 1 aromatic carbocycles. The molecule has 23 heavy (non-hydrogen) atoms. The number of fused-ring (bicyclic) bond motifs is 2. The summed E-state index contributed by atoms with van der Waals surface area (Å²) >= 11 is 0. The average molecular weight is 315 g/mol. The third kappa shape index (κ3) is 3.26. The normalized spacial score (nSPS) is 27.6. The summed E-state index contributed by atoms with van der Waals surface area (Å²) in [6.07, 6.45) is 3.43. The van der Waals surface area contributed by atoms with Crippen molar-refractivity contribution in [1.29, 1.82) is 0 Å². The molecule has 2 fully saturated rings. The standard InChI is InChI=1S/C19H25NO3/c1-12(16-5-3-4-6-17(16)23-2)11-20-19(22)15-9-13-7-8-14(10-15)18(13)21/h3-6,12-15H,7-11H2,1-2H3,(H,20,22). The van der Waals surface area contributed by atoms with E-state index >= 15 is 0 Å². The van der Waals surface area contributed by atoms with Gasteiger partial charge in [0, 0.05) is 30.2 Å². The lowest BCUT2D eigenvalue weighted by atomic mass is 9.79. The number of benzene rings is 1. The van der Waals surface area contributed by atoms with E-state index in [4.69, 9.17) is 4.74 Å². The molecule has 4 heteroatoms.